The molecule has 4 nitrogen and oxygen atoms in total. The van der Waals surface area contributed by atoms with Gasteiger partial charge in [-0.05, 0) is 32.5 Å². The Morgan fingerprint density at radius 3 is 2.74 bits per heavy atom. The second-order valence-electron chi connectivity index (χ2n) is 6.46. The second-order valence-corrected chi connectivity index (χ2v) is 6.46. The molecule has 2 rings (SSSR count). The standard InChI is InChI=1S/C19H28N2O2/c1-20(2)12-7-10-19(22)21-13-11-18(23-3)17(15-21)14-16-8-5-4-6-9-16/h4-10,17-18H,11-15H2,1-3H3/t17-,18-/m1/s1. The van der Waals surface area contributed by atoms with Gasteiger partial charge in [-0.15, -0.1) is 0 Å². The Balaban J connectivity index is 1.97. The van der Waals surface area contributed by atoms with E-state index in [1.165, 1.54) is 5.56 Å². The zero-order valence-corrected chi connectivity index (χ0v) is 14.4. The number of likely N-dealkylation sites (N-methyl/N-ethyl adjacent to an activating group) is 1. The molecule has 1 aromatic rings. The molecule has 1 aromatic carbocycles. The molecule has 1 amide bonds. The molecule has 1 saturated heterocycles. The fraction of sp³-hybridized carbons (Fsp3) is 0.526. The summed E-state index contributed by atoms with van der Waals surface area (Å²) in [6.07, 6.45) is 5.71. The molecule has 1 aliphatic rings. The first-order chi connectivity index (χ1) is 11.1. The van der Waals surface area contributed by atoms with E-state index in [9.17, 15) is 4.79 Å². The van der Waals surface area contributed by atoms with Crippen molar-refractivity contribution >= 4 is 5.91 Å². The molecular formula is C19H28N2O2. The van der Waals surface area contributed by atoms with Crippen LogP contribution < -0.4 is 0 Å². The first-order valence-corrected chi connectivity index (χ1v) is 8.27. The maximum atomic E-state index is 12.4. The number of ether oxygens (including phenoxy) is 1. The molecule has 23 heavy (non-hydrogen) atoms. The summed E-state index contributed by atoms with van der Waals surface area (Å²) in [4.78, 5) is 16.3. The number of hydrogen-bond donors (Lipinski definition) is 0. The van der Waals surface area contributed by atoms with Crippen LogP contribution in [0, 0.1) is 5.92 Å². The van der Waals surface area contributed by atoms with E-state index in [2.05, 4.69) is 24.3 Å². The molecule has 0 saturated carbocycles. The van der Waals surface area contributed by atoms with Crippen LogP contribution >= 0.6 is 0 Å². The Bertz CT molecular complexity index is 513. The van der Waals surface area contributed by atoms with Gasteiger partial charge in [-0.2, -0.15) is 0 Å². The molecule has 0 unspecified atom stereocenters. The fourth-order valence-corrected chi connectivity index (χ4v) is 3.10. The second kappa shape index (κ2) is 8.85. The molecular weight excluding hydrogens is 288 g/mol. The maximum Gasteiger partial charge on any atom is 0.246 e. The minimum Gasteiger partial charge on any atom is -0.381 e. The summed E-state index contributed by atoms with van der Waals surface area (Å²) in [5.74, 6) is 0.460. The van der Waals surface area contributed by atoms with Crippen molar-refractivity contribution in [3.8, 4) is 0 Å². The summed E-state index contributed by atoms with van der Waals surface area (Å²) < 4.78 is 5.65. The number of nitrogens with zero attached hydrogens (tertiary/aromatic N) is 2. The number of hydrogen-bond acceptors (Lipinski definition) is 3. The lowest BCUT2D eigenvalue weighted by molar-refractivity contribution is -0.130. The molecule has 1 aliphatic heterocycles. The van der Waals surface area contributed by atoms with Crippen molar-refractivity contribution in [2.45, 2.75) is 18.9 Å². The van der Waals surface area contributed by atoms with Gasteiger partial charge in [0, 0.05) is 38.7 Å². The van der Waals surface area contributed by atoms with Gasteiger partial charge in [-0.1, -0.05) is 36.4 Å². The largest absolute Gasteiger partial charge is 0.381 e. The van der Waals surface area contributed by atoms with Crippen LogP contribution in [0.5, 0.6) is 0 Å². The molecule has 126 valence electrons. The molecule has 0 spiro atoms. The number of carbonyl (C=O) groups excluding carboxylic acids is 1. The summed E-state index contributed by atoms with van der Waals surface area (Å²) in [5.41, 5.74) is 1.30. The molecule has 0 bridgehead atoms. The van der Waals surface area contributed by atoms with E-state index in [1.807, 2.05) is 36.0 Å². The predicted octanol–water partition coefficient (Wildman–Crippen LogP) is 2.21. The van der Waals surface area contributed by atoms with Crippen LogP contribution in [-0.4, -0.2) is 62.7 Å². The molecule has 0 aromatic heterocycles. The topological polar surface area (TPSA) is 32.8 Å². The van der Waals surface area contributed by atoms with E-state index in [0.717, 1.165) is 32.5 Å². The Morgan fingerprint density at radius 1 is 1.35 bits per heavy atom. The third kappa shape index (κ3) is 5.48. The number of benzene rings is 1. The number of carbonyl (C=O) groups is 1. The number of rotatable bonds is 6. The zero-order chi connectivity index (χ0) is 16.7. The number of likely N-dealkylation sites (tertiary alicyclic amines) is 1. The van der Waals surface area contributed by atoms with Crippen LogP contribution in [-0.2, 0) is 16.0 Å². The molecule has 0 N–H and O–H groups in total. The van der Waals surface area contributed by atoms with Gasteiger partial charge in [0.05, 0.1) is 6.10 Å². The van der Waals surface area contributed by atoms with Crippen molar-refractivity contribution in [1.29, 1.82) is 0 Å². The number of methoxy groups -OCH3 is 1. The summed E-state index contributed by atoms with van der Waals surface area (Å²) in [7, 11) is 5.76. The van der Waals surface area contributed by atoms with Gasteiger partial charge in [0.1, 0.15) is 0 Å². The van der Waals surface area contributed by atoms with Gasteiger partial charge in [0.2, 0.25) is 5.91 Å². The summed E-state index contributed by atoms with van der Waals surface area (Å²) in [6, 6.07) is 10.4. The molecule has 1 heterocycles. The number of amides is 1. The number of piperidine rings is 1. The summed E-state index contributed by atoms with van der Waals surface area (Å²) in [5, 5.41) is 0. The fourth-order valence-electron chi connectivity index (χ4n) is 3.10. The van der Waals surface area contributed by atoms with Crippen molar-refractivity contribution in [3.05, 3.63) is 48.0 Å². The van der Waals surface area contributed by atoms with E-state index in [4.69, 9.17) is 4.74 Å². The molecule has 0 radical (unpaired) electrons. The van der Waals surface area contributed by atoms with Crippen molar-refractivity contribution in [1.82, 2.24) is 9.80 Å². The van der Waals surface area contributed by atoms with Gasteiger partial charge in [0.25, 0.3) is 0 Å². The highest BCUT2D eigenvalue weighted by Crippen LogP contribution is 2.24. The Morgan fingerprint density at radius 2 is 2.09 bits per heavy atom. The zero-order valence-electron chi connectivity index (χ0n) is 14.4. The third-order valence-electron chi connectivity index (χ3n) is 4.35. The van der Waals surface area contributed by atoms with E-state index in [1.54, 1.807) is 13.2 Å². The van der Waals surface area contributed by atoms with Gasteiger partial charge < -0.3 is 14.5 Å². The van der Waals surface area contributed by atoms with Crippen molar-refractivity contribution < 1.29 is 9.53 Å². The van der Waals surface area contributed by atoms with Crippen LogP contribution in [0.2, 0.25) is 0 Å². The smallest absolute Gasteiger partial charge is 0.246 e. The average Bonchev–Trinajstić information content (AvgIpc) is 2.55. The minimum atomic E-state index is 0.111. The van der Waals surface area contributed by atoms with Crippen molar-refractivity contribution in [2.75, 3.05) is 40.8 Å². The minimum absolute atomic E-state index is 0.111. The van der Waals surface area contributed by atoms with Crippen LogP contribution in [0.15, 0.2) is 42.5 Å². The molecule has 4 heteroatoms. The highest BCUT2D eigenvalue weighted by Gasteiger charge is 2.30. The van der Waals surface area contributed by atoms with E-state index in [-0.39, 0.29) is 12.0 Å². The average molecular weight is 316 g/mol. The SMILES string of the molecule is CO[C@@H]1CCN(C(=O)C=CCN(C)C)C[C@H]1Cc1ccccc1. The molecule has 2 atom stereocenters. The Kier molecular flexibility index (Phi) is 6.81. The first-order valence-electron chi connectivity index (χ1n) is 8.27. The van der Waals surface area contributed by atoms with E-state index in [0.29, 0.717) is 5.92 Å². The van der Waals surface area contributed by atoms with Crippen molar-refractivity contribution in [3.63, 3.8) is 0 Å². The van der Waals surface area contributed by atoms with Crippen molar-refractivity contribution in [2.24, 2.45) is 5.92 Å². The lowest BCUT2D eigenvalue weighted by Crippen LogP contribution is -2.46. The predicted molar refractivity (Wildman–Crippen MR) is 93.3 cm³/mol. The lowest BCUT2D eigenvalue weighted by atomic mass is 9.88. The third-order valence-corrected chi connectivity index (χ3v) is 4.35. The van der Waals surface area contributed by atoms with Gasteiger partial charge in [0.15, 0.2) is 0 Å². The summed E-state index contributed by atoms with van der Waals surface area (Å²) in [6.45, 7) is 2.32. The van der Waals surface area contributed by atoms with Crippen LogP contribution in [0.4, 0.5) is 0 Å². The highest BCUT2D eigenvalue weighted by atomic mass is 16.5. The van der Waals surface area contributed by atoms with E-state index >= 15 is 0 Å². The van der Waals surface area contributed by atoms with E-state index < -0.39 is 0 Å². The van der Waals surface area contributed by atoms with Gasteiger partial charge in [-0.25, -0.2) is 0 Å². The van der Waals surface area contributed by atoms with Crippen LogP contribution in [0.25, 0.3) is 0 Å². The van der Waals surface area contributed by atoms with Gasteiger partial charge in [-0.3, -0.25) is 4.79 Å². The normalized spacial score (nSPS) is 22.0. The Labute approximate surface area is 139 Å². The van der Waals surface area contributed by atoms with Crippen LogP contribution in [0.1, 0.15) is 12.0 Å². The molecule has 0 aliphatic carbocycles. The van der Waals surface area contributed by atoms with Gasteiger partial charge >= 0.3 is 0 Å². The van der Waals surface area contributed by atoms with Crippen LogP contribution in [0.3, 0.4) is 0 Å². The quantitative estimate of drug-likeness (QED) is 0.754. The first kappa shape index (κ1) is 17.7. The summed E-state index contributed by atoms with van der Waals surface area (Å²) >= 11 is 0. The highest BCUT2D eigenvalue weighted by molar-refractivity contribution is 5.87. The monoisotopic (exact) mass is 316 g/mol. The molecule has 1 fully saturated rings. The maximum absolute atomic E-state index is 12.4. The Hall–Kier alpha value is -1.65. The lowest BCUT2D eigenvalue weighted by Gasteiger charge is -2.37.